The van der Waals surface area contributed by atoms with Crippen molar-refractivity contribution in [1.29, 1.82) is 0 Å². The van der Waals surface area contributed by atoms with Gasteiger partial charge in [-0.05, 0) is 38.7 Å². The fourth-order valence-corrected chi connectivity index (χ4v) is 3.64. The quantitative estimate of drug-likeness (QED) is 0.234. The van der Waals surface area contributed by atoms with Gasteiger partial charge >= 0.3 is 5.97 Å². The van der Waals surface area contributed by atoms with E-state index in [0.29, 0.717) is 12.1 Å². The third-order valence-electron chi connectivity index (χ3n) is 4.87. The van der Waals surface area contributed by atoms with Crippen LogP contribution in [0.3, 0.4) is 0 Å². The largest absolute Gasteiger partial charge is 0.613 e. The zero-order valence-electron chi connectivity index (χ0n) is 13.7. The summed E-state index contributed by atoms with van der Waals surface area (Å²) in [5.41, 5.74) is 0.543. The zero-order chi connectivity index (χ0) is 16.2. The Bertz CT molecular complexity index is 448. The van der Waals surface area contributed by atoms with Gasteiger partial charge in [-0.2, -0.15) is 0 Å². The van der Waals surface area contributed by atoms with Crippen molar-refractivity contribution < 1.29 is 23.9 Å². The lowest BCUT2D eigenvalue weighted by Gasteiger charge is -2.49. The Morgan fingerprint density at radius 2 is 1.68 bits per heavy atom. The Kier molecular flexibility index (Phi) is 5.51. The van der Waals surface area contributed by atoms with Crippen LogP contribution in [0.1, 0.15) is 33.1 Å². The molecule has 3 fully saturated rings. The van der Waals surface area contributed by atoms with Gasteiger partial charge in [0.1, 0.15) is 6.54 Å². The summed E-state index contributed by atoms with van der Waals surface area (Å²) in [6.07, 6.45) is 3.71. The highest BCUT2D eigenvalue weighted by atomic mass is 16.6. The number of carbonyl (C=O) groups excluding carboxylic acids is 1. The van der Waals surface area contributed by atoms with E-state index < -0.39 is 11.9 Å². The minimum atomic E-state index is -0.615. The second kappa shape index (κ2) is 7.18. The Hall–Kier alpha value is -1.49. The van der Waals surface area contributed by atoms with Crippen LogP contribution in [0.5, 0.6) is 0 Å². The molecule has 5 nitrogen and oxygen atoms in total. The van der Waals surface area contributed by atoms with Crippen LogP contribution in [0.4, 0.5) is 0 Å². The van der Waals surface area contributed by atoms with Crippen LogP contribution in [0.15, 0.2) is 23.7 Å². The van der Waals surface area contributed by atoms with Crippen molar-refractivity contribution in [1.82, 2.24) is 0 Å². The topological polar surface area (TPSA) is 58.6 Å². The van der Waals surface area contributed by atoms with Crippen LogP contribution < -0.4 is 5.11 Å². The minimum Gasteiger partial charge on any atom is -0.613 e. The van der Waals surface area contributed by atoms with Crippen LogP contribution in [0.2, 0.25) is 0 Å². The third-order valence-corrected chi connectivity index (χ3v) is 4.87. The van der Waals surface area contributed by atoms with E-state index in [1.807, 2.05) is 0 Å². The van der Waals surface area contributed by atoms with E-state index in [9.17, 15) is 9.90 Å². The average Bonchev–Trinajstić information content (AvgIpc) is 2.49. The summed E-state index contributed by atoms with van der Waals surface area (Å²) in [7, 11) is 0. The number of nitrogens with zero attached hydrogens (tertiary/aromatic N) is 1. The molecule has 22 heavy (non-hydrogen) atoms. The third kappa shape index (κ3) is 3.64. The van der Waals surface area contributed by atoms with Gasteiger partial charge in [-0.3, -0.25) is 0 Å². The molecule has 0 aromatic carbocycles. The maximum absolute atomic E-state index is 12.1. The summed E-state index contributed by atoms with van der Waals surface area (Å²) in [5.74, 6) is -0.362. The lowest BCUT2D eigenvalue weighted by molar-refractivity contribution is -0.938. The SMILES string of the molecule is C=C(C[N+]12CCC(CC1)CC2)/C(C(=O)OCC)=C(\[O-])OCC. The Morgan fingerprint density at radius 1 is 1.14 bits per heavy atom. The van der Waals surface area contributed by atoms with Gasteiger partial charge in [0.2, 0.25) is 0 Å². The molecule has 2 bridgehead atoms. The second-order valence-corrected chi connectivity index (χ2v) is 6.32. The van der Waals surface area contributed by atoms with Gasteiger partial charge < -0.3 is 19.1 Å². The number of esters is 1. The first-order valence-electron chi connectivity index (χ1n) is 8.25. The van der Waals surface area contributed by atoms with Gasteiger partial charge in [-0.1, -0.05) is 13.5 Å². The van der Waals surface area contributed by atoms with Gasteiger partial charge in [0.05, 0.1) is 37.8 Å². The highest BCUT2D eigenvalue weighted by Gasteiger charge is 2.40. The summed E-state index contributed by atoms with van der Waals surface area (Å²) in [5, 5.41) is 12.1. The Balaban J connectivity index is 2.15. The van der Waals surface area contributed by atoms with Gasteiger partial charge in [-0.25, -0.2) is 4.79 Å². The molecule has 3 aliphatic heterocycles. The minimum absolute atomic E-state index is 0.0103. The molecule has 0 spiro atoms. The molecule has 0 N–H and O–H groups in total. The Morgan fingerprint density at radius 3 is 2.18 bits per heavy atom. The monoisotopic (exact) mass is 309 g/mol. The fraction of sp³-hybridized carbons (Fsp3) is 0.706. The molecule has 0 unspecified atom stereocenters. The van der Waals surface area contributed by atoms with E-state index in [0.717, 1.165) is 30.0 Å². The van der Waals surface area contributed by atoms with Crippen molar-refractivity contribution >= 4 is 5.97 Å². The maximum Gasteiger partial charge on any atom is 0.340 e. The van der Waals surface area contributed by atoms with Crippen molar-refractivity contribution in [3.05, 3.63) is 23.7 Å². The predicted molar refractivity (Wildman–Crippen MR) is 81.5 cm³/mol. The zero-order valence-corrected chi connectivity index (χ0v) is 13.7. The number of rotatable bonds is 7. The molecule has 124 valence electrons. The van der Waals surface area contributed by atoms with Crippen molar-refractivity contribution in [2.45, 2.75) is 33.1 Å². The van der Waals surface area contributed by atoms with Crippen LogP contribution in [-0.4, -0.2) is 49.8 Å². The number of hydrogen-bond donors (Lipinski definition) is 0. The first-order chi connectivity index (χ1) is 10.5. The second-order valence-electron chi connectivity index (χ2n) is 6.32. The van der Waals surface area contributed by atoms with Crippen molar-refractivity contribution in [3.8, 4) is 0 Å². The van der Waals surface area contributed by atoms with E-state index in [1.54, 1.807) is 13.8 Å². The lowest BCUT2D eigenvalue weighted by Crippen LogP contribution is -2.59. The number of hydrogen-bond acceptors (Lipinski definition) is 4. The Labute approximate surface area is 132 Å². The highest BCUT2D eigenvalue weighted by molar-refractivity contribution is 5.93. The maximum atomic E-state index is 12.1. The number of quaternary nitrogens is 1. The molecular weight excluding hydrogens is 282 g/mol. The number of fused-ring (bicyclic) bond motifs is 3. The number of piperidine rings is 3. The standard InChI is InChI=1S/C17H27NO4/c1-4-21-16(19)15(17(20)22-5-2)13(3)12-18-9-6-14(7-10-18)8-11-18/h14H,3-12H2,1-2H3. The first kappa shape index (κ1) is 16.9. The summed E-state index contributed by atoms with van der Waals surface area (Å²) >= 11 is 0. The smallest absolute Gasteiger partial charge is 0.340 e. The fourth-order valence-electron chi connectivity index (χ4n) is 3.64. The van der Waals surface area contributed by atoms with Gasteiger partial charge in [0.15, 0.2) is 0 Å². The first-order valence-corrected chi connectivity index (χ1v) is 8.25. The van der Waals surface area contributed by atoms with Gasteiger partial charge in [-0.15, -0.1) is 0 Å². The van der Waals surface area contributed by atoms with Crippen LogP contribution in [-0.2, 0) is 14.3 Å². The van der Waals surface area contributed by atoms with E-state index in [-0.39, 0.29) is 18.8 Å². The predicted octanol–water partition coefficient (Wildman–Crippen LogP) is 1.34. The molecule has 0 atom stereocenters. The van der Waals surface area contributed by atoms with E-state index in [4.69, 9.17) is 9.47 Å². The van der Waals surface area contributed by atoms with Gasteiger partial charge in [0.25, 0.3) is 0 Å². The van der Waals surface area contributed by atoms with E-state index in [2.05, 4.69) is 6.58 Å². The molecule has 0 saturated carbocycles. The summed E-state index contributed by atoms with van der Waals surface area (Å²) < 4.78 is 11.0. The lowest BCUT2D eigenvalue weighted by atomic mass is 9.85. The molecular formula is C17H27NO4. The van der Waals surface area contributed by atoms with Crippen LogP contribution >= 0.6 is 0 Å². The van der Waals surface area contributed by atoms with E-state index >= 15 is 0 Å². The van der Waals surface area contributed by atoms with Crippen molar-refractivity contribution in [3.63, 3.8) is 0 Å². The molecule has 0 aromatic heterocycles. The van der Waals surface area contributed by atoms with Gasteiger partial charge in [0, 0.05) is 5.57 Å². The van der Waals surface area contributed by atoms with Crippen molar-refractivity contribution in [2.24, 2.45) is 5.92 Å². The summed E-state index contributed by atoms with van der Waals surface area (Å²) in [6.45, 7) is 11.9. The molecule has 3 heterocycles. The molecule has 0 aliphatic carbocycles. The molecule has 0 aromatic rings. The van der Waals surface area contributed by atoms with Crippen LogP contribution in [0.25, 0.3) is 0 Å². The molecule has 0 radical (unpaired) electrons. The number of ether oxygens (including phenoxy) is 2. The molecule has 3 rings (SSSR count). The molecule has 5 heteroatoms. The summed E-state index contributed by atoms with van der Waals surface area (Å²) in [6, 6.07) is 0. The molecule has 0 amide bonds. The van der Waals surface area contributed by atoms with Crippen molar-refractivity contribution in [2.75, 3.05) is 39.4 Å². The summed E-state index contributed by atoms with van der Waals surface area (Å²) in [4.78, 5) is 12.1. The number of carbonyl (C=O) groups is 1. The average molecular weight is 309 g/mol. The highest BCUT2D eigenvalue weighted by Crippen LogP contribution is 2.35. The molecule has 3 saturated heterocycles. The van der Waals surface area contributed by atoms with Crippen LogP contribution in [0, 0.1) is 5.92 Å². The normalized spacial score (nSPS) is 28.0. The van der Waals surface area contributed by atoms with E-state index in [1.165, 1.54) is 19.3 Å². The molecule has 3 aliphatic rings.